The number of benzene rings is 1. The molecule has 1 aromatic carbocycles. The lowest BCUT2D eigenvalue weighted by Crippen LogP contribution is -2.55. The number of anilines is 1. The molecule has 0 atom stereocenters. The quantitative estimate of drug-likeness (QED) is 0.125. The summed E-state index contributed by atoms with van der Waals surface area (Å²) in [6, 6.07) is 14.9. The SMILES string of the molecule is CCOC(=O)C(C)(C)NP(=O)(NC(C)(C)C(=O)OCC)c1ccn(-c2cccc(-c3cccc4nc(NC(=O)C5CC(C)(C)C5)cn34)c2)n1. The molecule has 0 radical (unpaired) electrons. The molecule has 1 aliphatic carbocycles. The normalized spacial score (nSPS) is 15.1. The maximum Gasteiger partial charge on any atom is 0.326 e. The first-order valence-electron chi connectivity index (χ1n) is 16.5. The second-order valence-corrected chi connectivity index (χ2v) is 16.3. The largest absolute Gasteiger partial charge is 0.465 e. The molecule has 3 heterocycles. The Hall–Kier alpha value is -4.32. The van der Waals surface area contributed by atoms with Crippen LogP contribution < -0.4 is 20.9 Å². The van der Waals surface area contributed by atoms with Gasteiger partial charge >= 0.3 is 11.9 Å². The number of hydrogen-bond acceptors (Lipinski definition) is 8. The summed E-state index contributed by atoms with van der Waals surface area (Å²) in [5.74, 6) is -0.758. The zero-order chi connectivity index (χ0) is 35.8. The van der Waals surface area contributed by atoms with Crippen molar-refractivity contribution in [3.05, 3.63) is 60.9 Å². The minimum absolute atomic E-state index is 0.0110. The van der Waals surface area contributed by atoms with Crippen molar-refractivity contribution in [1.29, 1.82) is 0 Å². The molecule has 5 rings (SSSR count). The summed E-state index contributed by atoms with van der Waals surface area (Å²) in [5.41, 5.74) is 0.527. The summed E-state index contributed by atoms with van der Waals surface area (Å²) in [4.78, 5) is 43.1. The molecule has 14 heteroatoms. The minimum Gasteiger partial charge on any atom is -0.465 e. The number of amides is 1. The zero-order valence-corrected chi connectivity index (χ0v) is 30.3. The molecule has 0 saturated heterocycles. The summed E-state index contributed by atoms with van der Waals surface area (Å²) >= 11 is 0. The summed E-state index contributed by atoms with van der Waals surface area (Å²) in [7, 11) is -3.97. The van der Waals surface area contributed by atoms with Crippen LogP contribution in [0.15, 0.2) is 60.9 Å². The number of carbonyl (C=O) groups is 3. The minimum atomic E-state index is -3.97. The monoisotopic (exact) mass is 691 g/mol. The van der Waals surface area contributed by atoms with E-state index < -0.39 is 30.5 Å². The second-order valence-electron chi connectivity index (χ2n) is 14.2. The van der Waals surface area contributed by atoms with Gasteiger partial charge in [0.25, 0.3) is 7.44 Å². The molecule has 1 saturated carbocycles. The molecular formula is C35H46N7O6P. The number of nitrogens with one attached hydrogen (secondary N) is 3. The summed E-state index contributed by atoms with van der Waals surface area (Å²) in [6.07, 6.45) is 5.18. The number of rotatable bonds is 13. The van der Waals surface area contributed by atoms with Crippen LogP contribution in [0.25, 0.3) is 22.6 Å². The Kier molecular flexibility index (Phi) is 9.93. The van der Waals surface area contributed by atoms with Gasteiger partial charge in [-0.15, -0.1) is 0 Å². The lowest BCUT2D eigenvalue weighted by molar-refractivity contribution is -0.149. The predicted octanol–water partition coefficient (Wildman–Crippen LogP) is 5.24. The molecular weight excluding hydrogens is 645 g/mol. The van der Waals surface area contributed by atoms with Gasteiger partial charge in [0.2, 0.25) is 5.91 Å². The maximum atomic E-state index is 14.8. The van der Waals surface area contributed by atoms with E-state index in [1.165, 1.54) is 0 Å². The lowest BCUT2D eigenvalue weighted by atomic mass is 9.64. The number of fused-ring (bicyclic) bond motifs is 1. The van der Waals surface area contributed by atoms with Gasteiger partial charge in [0.15, 0.2) is 11.3 Å². The summed E-state index contributed by atoms with van der Waals surface area (Å²) in [6.45, 7) is 14.2. The third-order valence-electron chi connectivity index (χ3n) is 8.46. The first kappa shape index (κ1) is 36.0. The van der Waals surface area contributed by atoms with E-state index in [1.54, 1.807) is 58.5 Å². The molecule has 49 heavy (non-hydrogen) atoms. The van der Waals surface area contributed by atoms with Gasteiger partial charge in [0, 0.05) is 17.7 Å². The Labute approximate surface area is 286 Å². The third-order valence-corrected chi connectivity index (χ3v) is 11.1. The van der Waals surface area contributed by atoms with Gasteiger partial charge in [0.1, 0.15) is 16.7 Å². The van der Waals surface area contributed by atoms with Crippen LogP contribution in [0.4, 0.5) is 5.82 Å². The van der Waals surface area contributed by atoms with Gasteiger partial charge in [-0.3, -0.25) is 23.3 Å². The highest BCUT2D eigenvalue weighted by Gasteiger charge is 2.45. The fraction of sp³-hybridized carbons (Fsp3) is 0.457. The maximum absolute atomic E-state index is 14.8. The molecule has 3 aromatic heterocycles. The Morgan fingerprint density at radius 2 is 1.55 bits per heavy atom. The smallest absolute Gasteiger partial charge is 0.326 e. The number of ether oxygens (including phenoxy) is 2. The standard InChI is InChI=1S/C35H46N7O6P/c1-9-47-31(44)34(5,6)39-49(46,40-35(7,8)32(45)48-10-2)29-17-18-42(38-29)25-14-11-13-23(19-25)26-15-12-16-28-36-27(22-41(26)28)37-30(43)24-20-33(3,4)21-24/h11-19,22,24H,9-10,20-21H2,1-8H3,(H,37,43)(H2,39,40,46). The Morgan fingerprint density at radius 3 is 2.14 bits per heavy atom. The predicted molar refractivity (Wildman–Crippen MR) is 188 cm³/mol. The number of hydrogen-bond donors (Lipinski definition) is 3. The van der Waals surface area contributed by atoms with Crippen LogP contribution in [0.5, 0.6) is 0 Å². The van der Waals surface area contributed by atoms with Crippen molar-refractivity contribution in [2.75, 3.05) is 18.5 Å². The van der Waals surface area contributed by atoms with Crippen molar-refractivity contribution in [3.63, 3.8) is 0 Å². The van der Waals surface area contributed by atoms with E-state index in [0.717, 1.165) is 24.1 Å². The lowest BCUT2D eigenvalue weighted by Gasteiger charge is -2.41. The van der Waals surface area contributed by atoms with Crippen LogP contribution in [0.2, 0.25) is 0 Å². The van der Waals surface area contributed by atoms with Gasteiger partial charge in [-0.2, -0.15) is 5.10 Å². The number of aromatic nitrogens is 4. The first-order valence-corrected chi connectivity index (χ1v) is 18.2. The fourth-order valence-electron chi connectivity index (χ4n) is 6.07. The van der Waals surface area contributed by atoms with Gasteiger partial charge in [-0.05, 0) is 90.1 Å². The molecule has 0 bridgehead atoms. The number of nitrogens with zero attached hydrogens (tertiary/aromatic N) is 4. The number of imidazole rings is 1. The van der Waals surface area contributed by atoms with Crippen molar-refractivity contribution in [2.24, 2.45) is 11.3 Å². The molecule has 262 valence electrons. The van der Waals surface area contributed by atoms with Crippen LogP contribution in [-0.4, -0.2) is 61.3 Å². The average Bonchev–Trinajstić information content (AvgIpc) is 3.67. The van der Waals surface area contributed by atoms with Crippen molar-refractivity contribution >= 4 is 42.2 Å². The highest BCUT2D eigenvalue weighted by molar-refractivity contribution is 7.67. The van der Waals surface area contributed by atoms with E-state index >= 15 is 0 Å². The van der Waals surface area contributed by atoms with Crippen LogP contribution in [0, 0.1) is 11.3 Å². The Morgan fingerprint density at radius 1 is 0.939 bits per heavy atom. The topological polar surface area (TPSA) is 158 Å². The molecule has 4 aromatic rings. The first-order chi connectivity index (χ1) is 23.0. The van der Waals surface area contributed by atoms with Gasteiger partial charge in [-0.25, -0.2) is 19.8 Å². The van der Waals surface area contributed by atoms with Gasteiger partial charge in [-0.1, -0.05) is 32.0 Å². The van der Waals surface area contributed by atoms with E-state index in [1.807, 2.05) is 53.1 Å². The molecule has 1 amide bonds. The van der Waals surface area contributed by atoms with Crippen molar-refractivity contribution in [2.45, 2.75) is 79.3 Å². The van der Waals surface area contributed by atoms with Gasteiger partial charge < -0.3 is 14.8 Å². The van der Waals surface area contributed by atoms with E-state index in [2.05, 4.69) is 39.4 Å². The van der Waals surface area contributed by atoms with Crippen LogP contribution >= 0.6 is 7.44 Å². The molecule has 13 nitrogen and oxygen atoms in total. The third kappa shape index (κ3) is 7.79. The van der Waals surface area contributed by atoms with Crippen molar-refractivity contribution in [3.8, 4) is 16.9 Å². The van der Waals surface area contributed by atoms with Gasteiger partial charge in [0.05, 0.1) is 30.8 Å². The highest BCUT2D eigenvalue weighted by Crippen LogP contribution is 2.45. The van der Waals surface area contributed by atoms with E-state index in [9.17, 15) is 18.9 Å². The second kappa shape index (κ2) is 13.5. The Bertz CT molecular complexity index is 1880. The van der Waals surface area contributed by atoms with E-state index in [0.29, 0.717) is 17.2 Å². The van der Waals surface area contributed by atoms with Crippen LogP contribution in [0.3, 0.4) is 0 Å². The highest BCUT2D eigenvalue weighted by atomic mass is 31.2. The van der Waals surface area contributed by atoms with Crippen molar-refractivity contribution in [1.82, 2.24) is 29.3 Å². The molecule has 1 aliphatic rings. The zero-order valence-electron chi connectivity index (χ0n) is 29.4. The summed E-state index contributed by atoms with van der Waals surface area (Å²) in [5, 5.41) is 13.5. The van der Waals surface area contributed by atoms with Crippen LogP contribution in [-0.2, 0) is 28.4 Å². The number of carbonyl (C=O) groups excluding carboxylic acids is 3. The number of esters is 2. The number of pyridine rings is 1. The summed E-state index contributed by atoms with van der Waals surface area (Å²) < 4.78 is 28.7. The van der Waals surface area contributed by atoms with E-state index in [-0.39, 0.29) is 35.9 Å². The molecule has 0 spiro atoms. The molecule has 3 N–H and O–H groups in total. The molecule has 1 fully saturated rings. The molecule has 0 aliphatic heterocycles. The van der Waals surface area contributed by atoms with E-state index in [4.69, 9.17) is 9.47 Å². The molecule has 0 unspecified atom stereocenters. The average molecular weight is 692 g/mol. The van der Waals surface area contributed by atoms with Crippen molar-refractivity contribution < 1.29 is 28.4 Å². The van der Waals surface area contributed by atoms with Crippen LogP contribution in [0.1, 0.15) is 68.2 Å². The fourth-order valence-corrected chi connectivity index (χ4v) is 8.61. The Balaban J connectivity index is 1.45.